The molecule has 0 aliphatic heterocycles. The van der Waals surface area contributed by atoms with Crippen LogP contribution in [0.25, 0.3) is 0 Å². The van der Waals surface area contributed by atoms with E-state index in [1.807, 2.05) is 247 Å². The summed E-state index contributed by atoms with van der Waals surface area (Å²) in [5, 5.41) is 0. The quantitative estimate of drug-likeness (QED) is 0.0398. The van der Waals surface area contributed by atoms with Crippen molar-refractivity contribution in [3.63, 3.8) is 0 Å². The number of pyridine rings is 3. The Balaban J connectivity index is -0.0000000691. The van der Waals surface area contributed by atoms with Crippen molar-refractivity contribution >= 4 is 34.2 Å². The molecule has 1 radical (unpaired) electrons. The first-order chi connectivity index (χ1) is 52.7. The van der Waals surface area contributed by atoms with Crippen molar-refractivity contribution in [3.8, 4) is 0 Å². The fourth-order valence-electron chi connectivity index (χ4n) is 7.76. The minimum absolute atomic E-state index is 0. The van der Waals surface area contributed by atoms with Crippen LogP contribution in [0.1, 0.15) is 382 Å². The average Bonchev–Trinajstić information content (AvgIpc) is 0.886. The molecule has 0 N–H and O–H groups in total. The molecule has 3 aromatic heterocycles. The molecule has 0 atom stereocenters. The first-order valence-corrected chi connectivity index (χ1v) is 47.4. The van der Waals surface area contributed by atoms with Crippen LogP contribution in [0, 0.1) is 0 Å². The van der Waals surface area contributed by atoms with E-state index >= 15 is 0 Å². The third kappa shape index (κ3) is 107. The van der Waals surface area contributed by atoms with E-state index in [0.717, 1.165) is 31.8 Å². The van der Waals surface area contributed by atoms with Crippen molar-refractivity contribution in [1.29, 1.82) is 0 Å². The molecular weight excluding hydrogens is 1450 g/mol. The van der Waals surface area contributed by atoms with E-state index in [0.29, 0.717) is 0 Å². The number of fused-ring (bicyclic) bond motifs is 3. The van der Waals surface area contributed by atoms with Gasteiger partial charge in [0.2, 0.25) is 0 Å². The summed E-state index contributed by atoms with van der Waals surface area (Å²) in [5.74, 6) is 3.30. The van der Waals surface area contributed by atoms with E-state index in [2.05, 4.69) is 243 Å². The van der Waals surface area contributed by atoms with E-state index in [4.69, 9.17) is 12.6 Å². The summed E-state index contributed by atoms with van der Waals surface area (Å²) in [4.78, 5) is 0. The number of hydrogen-bond donors (Lipinski definition) is 0. The number of benzene rings is 3. The van der Waals surface area contributed by atoms with Crippen molar-refractivity contribution in [3.05, 3.63) is 231 Å². The van der Waals surface area contributed by atoms with Crippen molar-refractivity contribution < 1.29 is 46.4 Å². The Morgan fingerprint density at radius 1 is 0.239 bits per heavy atom. The van der Waals surface area contributed by atoms with Crippen LogP contribution in [-0.2, 0) is 103 Å². The van der Waals surface area contributed by atoms with E-state index in [1.54, 1.807) is 33.4 Å². The summed E-state index contributed by atoms with van der Waals surface area (Å²) in [6, 6.07) is 45.0. The smallest absolute Gasteiger partial charge is 0.168 e. The molecule has 637 valence electrons. The molecule has 3 aliphatic rings. The summed E-state index contributed by atoms with van der Waals surface area (Å²) in [6.45, 7) is 88.7. The zero-order valence-corrected chi connectivity index (χ0v) is 86.9. The number of hydrogen-bond acceptors (Lipinski definition) is 3. The number of rotatable bonds is 12. The van der Waals surface area contributed by atoms with Gasteiger partial charge in [-0.15, -0.1) is 0 Å². The maximum Gasteiger partial charge on any atom is 0.168 e. The average molecular weight is 1650 g/mol. The summed E-state index contributed by atoms with van der Waals surface area (Å²) in [6.07, 6.45) is 32.3. The Bertz CT molecular complexity index is 2190. The molecule has 0 saturated heterocycles. The molecule has 9 rings (SSSR count). The van der Waals surface area contributed by atoms with Gasteiger partial charge >= 0.3 is 0 Å². The predicted molar refractivity (Wildman–Crippen MR) is 520 cm³/mol. The van der Waals surface area contributed by atoms with Crippen molar-refractivity contribution in [2.45, 2.75) is 407 Å². The van der Waals surface area contributed by atoms with Crippen LogP contribution in [0.15, 0.2) is 198 Å². The molecule has 0 unspecified atom stereocenters. The molecule has 3 heterocycles. The van der Waals surface area contributed by atoms with Crippen molar-refractivity contribution in [2.24, 2.45) is 0 Å². The van der Waals surface area contributed by atoms with Gasteiger partial charge in [0.15, 0.2) is 37.2 Å². The summed E-state index contributed by atoms with van der Waals surface area (Å²) in [7, 11) is 4.00. The van der Waals surface area contributed by atoms with E-state index in [-0.39, 0.29) is 32.7 Å². The second-order valence-corrected chi connectivity index (χ2v) is 24.8. The van der Waals surface area contributed by atoms with E-state index in [9.17, 15) is 0 Å². The number of allylic oxidation sites excluding steroid dienone is 6. The maximum atomic E-state index is 4.84. The van der Waals surface area contributed by atoms with Crippen LogP contribution < -0.4 is 13.7 Å². The van der Waals surface area contributed by atoms with E-state index in [1.165, 1.54) is 135 Å². The molecule has 6 aromatic rings. The normalized spacial score (nSPS) is 9.50. The summed E-state index contributed by atoms with van der Waals surface area (Å²) < 4.78 is 6.64. The minimum atomic E-state index is 0. The molecule has 0 amide bonds. The van der Waals surface area contributed by atoms with Crippen molar-refractivity contribution in [1.82, 2.24) is 0 Å². The molecule has 0 fully saturated rings. The van der Waals surface area contributed by atoms with Gasteiger partial charge in [-0.2, -0.15) is 5.75 Å². The Kier molecular flexibility index (Phi) is 173. The van der Waals surface area contributed by atoms with Gasteiger partial charge in [0, 0.05) is 93.5 Å². The van der Waals surface area contributed by atoms with Crippen LogP contribution >= 0.6 is 21.6 Å². The van der Waals surface area contributed by atoms with Gasteiger partial charge in [-0.25, -0.2) is 13.7 Å². The first kappa shape index (κ1) is 141. The maximum absolute atomic E-state index is 4.84. The topological polar surface area (TPSA) is 11.6 Å². The Morgan fingerprint density at radius 2 is 0.385 bits per heavy atom. The van der Waals surface area contributed by atoms with Crippen LogP contribution in [0.5, 0.6) is 0 Å². The van der Waals surface area contributed by atoms with Gasteiger partial charge in [-0.1, -0.05) is 354 Å². The Labute approximate surface area is 729 Å². The fraction of sp³-hybridized carbons (Fsp3) is 0.618. The Hall–Kier alpha value is -3.52. The molecule has 3 aliphatic carbocycles. The standard InChI is InChI=1S/C16H22N2S2.3C10H12.C8H11NS.3C6H12.15C2H6.Y/c1-3-9-17(10-4-1)13-7-15-19-20-16-8-14-18-11-5-2-6-12-18;3*1-2-6-10-8-4-3-7-9(10)5-1;10-8-4-7-9-5-2-1-3-6-9;3*1-5(2)6(3)4;15*1-2;/h1-6,9-12H,7-8,13-16H2;3*1-2,5-6H,3-4,7-8H2;1-3,5-6H,4,7-8H2;3*1-4H3;15*1-2H3;/q+2;;;;;;;;;;;;;;;;;;;;;;;. The van der Waals surface area contributed by atoms with E-state index < -0.39 is 0 Å². The molecular formula is C102H195N3S3Y+2. The molecule has 0 bridgehead atoms. The minimum Gasteiger partial charge on any atom is -0.792 e. The van der Waals surface area contributed by atoms with Crippen molar-refractivity contribution in [2.75, 3.05) is 17.3 Å². The monoisotopic (exact) mass is 1650 g/mol. The SMILES string of the molecule is CC.CC.CC.CC.CC.CC.CC.CC.CC.CC.CC.CC.CC.CC.CC.CC(C)=C(C)C.CC(C)=C(C)C.CC(C)=C(C)C.[S-]CCC[n+]1ccccc1.[Y].c1cc[n+](CCCSSCCC[n+]2ccccc2)cc1.c1ccc2c(c1)CCCC2.c1ccc2c(c1)CCCC2.c1ccc2c(c1)CCCC2. The third-order valence-electron chi connectivity index (χ3n) is 14.0. The second kappa shape index (κ2) is 134. The van der Waals surface area contributed by atoms with Gasteiger partial charge in [0.1, 0.15) is 19.6 Å². The fourth-order valence-corrected chi connectivity index (χ4v) is 10.0. The van der Waals surface area contributed by atoms with Gasteiger partial charge in [-0.05, 0) is 200 Å². The number of aromatic nitrogens is 3. The summed E-state index contributed by atoms with van der Waals surface area (Å²) in [5.41, 5.74) is 18.0. The molecule has 7 heteroatoms. The zero-order chi connectivity index (χ0) is 87.0. The number of aryl methyl sites for hydroxylation is 9. The molecule has 3 aromatic carbocycles. The Morgan fingerprint density at radius 3 is 0.523 bits per heavy atom. The van der Waals surface area contributed by atoms with Crippen LogP contribution in [0.4, 0.5) is 0 Å². The molecule has 0 spiro atoms. The second-order valence-electron chi connectivity index (χ2n) is 21.7. The molecule has 3 nitrogen and oxygen atoms in total. The first-order valence-electron chi connectivity index (χ1n) is 44.4. The van der Waals surface area contributed by atoms with Crippen LogP contribution in [0.2, 0.25) is 0 Å². The van der Waals surface area contributed by atoms with Crippen LogP contribution in [0.3, 0.4) is 0 Å². The number of nitrogens with zero attached hydrogens (tertiary/aromatic N) is 3. The van der Waals surface area contributed by atoms with Gasteiger partial charge in [-0.3, -0.25) is 0 Å². The summed E-state index contributed by atoms with van der Waals surface area (Å²) >= 11 is 4.84. The van der Waals surface area contributed by atoms with Crippen LogP contribution in [-0.4, -0.2) is 17.3 Å². The molecule has 0 saturated carbocycles. The van der Waals surface area contributed by atoms with Gasteiger partial charge < -0.3 is 12.6 Å². The largest absolute Gasteiger partial charge is 0.792 e. The van der Waals surface area contributed by atoms with Gasteiger partial charge in [0.25, 0.3) is 0 Å². The zero-order valence-electron chi connectivity index (χ0n) is 81.6. The van der Waals surface area contributed by atoms with Gasteiger partial charge in [0.05, 0.1) is 0 Å². The predicted octanol–water partition coefficient (Wildman–Crippen LogP) is 34.2. The third-order valence-corrected chi connectivity index (χ3v) is 16.9. The molecule has 109 heavy (non-hydrogen) atoms.